The first-order valence-electron chi connectivity index (χ1n) is 6.41. The van der Waals surface area contributed by atoms with Crippen molar-refractivity contribution in [2.45, 2.75) is 45.1 Å². The van der Waals surface area contributed by atoms with Crippen molar-refractivity contribution in [1.82, 2.24) is 10.6 Å². The van der Waals surface area contributed by atoms with Crippen LogP contribution in [0.3, 0.4) is 0 Å². The number of hydrogen-bond donors (Lipinski definition) is 3. The summed E-state index contributed by atoms with van der Waals surface area (Å²) in [5, 5.41) is 5.41. The number of nitrogens with two attached hydrogens (primary N) is 1. The van der Waals surface area contributed by atoms with E-state index in [1.165, 1.54) is 19.3 Å². The second-order valence-electron chi connectivity index (χ2n) is 4.67. The summed E-state index contributed by atoms with van der Waals surface area (Å²) < 4.78 is 0. The van der Waals surface area contributed by atoms with Crippen molar-refractivity contribution in [3.63, 3.8) is 0 Å². The fourth-order valence-electron chi connectivity index (χ4n) is 2.24. The number of amides is 2. The van der Waals surface area contributed by atoms with E-state index in [1.54, 1.807) is 0 Å². The first-order chi connectivity index (χ1) is 8.15. The van der Waals surface area contributed by atoms with Crippen LogP contribution in [0.5, 0.6) is 0 Å². The Morgan fingerprint density at radius 2 is 1.78 bits per heavy atom. The molecule has 0 bridgehead atoms. The lowest BCUT2D eigenvalue weighted by molar-refractivity contribution is -0.125. The number of carbonyl (C=O) groups excluding carboxylic acids is 2. The second-order valence-corrected chi connectivity index (χ2v) is 4.67. The lowest BCUT2D eigenvalue weighted by Gasteiger charge is -2.28. The normalized spacial score (nSPS) is 22.8. The van der Waals surface area contributed by atoms with Crippen LogP contribution in [0.4, 0.5) is 0 Å². The monoisotopic (exact) mass is 277 g/mol. The summed E-state index contributed by atoms with van der Waals surface area (Å²) in [6.07, 6.45) is 5.71. The summed E-state index contributed by atoms with van der Waals surface area (Å²) in [5.41, 5.74) is 5.13. The van der Waals surface area contributed by atoms with Gasteiger partial charge >= 0.3 is 0 Å². The van der Waals surface area contributed by atoms with Crippen molar-refractivity contribution in [1.29, 1.82) is 0 Å². The highest BCUT2D eigenvalue weighted by atomic mass is 35.5. The third-order valence-electron chi connectivity index (χ3n) is 3.42. The van der Waals surface area contributed by atoms with E-state index in [9.17, 15) is 9.59 Å². The Morgan fingerprint density at radius 3 is 2.28 bits per heavy atom. The molecule has 0 aromatic rings. The quantitative estimate of drug-likeness (QED) is 0.687. The van der Waals surface area contributed by atoms with E-state index in [1.807, 2.05) is 0 Å². The van der Waals surface area contributed by atoms with E-state index in [4.69, 9.17) is 5.73 Å². The molecule has 1 rings (SSSR count). The Kier molecular flexibility index (Phi) is 8.75. The van der Waals surface area contributed by atoms with Gasteiger partial charge in [-0.2, -0.15) is 0 Å². The van der Waals surface area contributed by atoms with Crippen molar-refractivity contribution in [2.75, 3.05) is 13.1 Å². The predicted octanol–water partition coefficient (Wildman–Crippen LogP) is 0.568. The van der Waals surface area contributed by atoms with Crippen molar-refractivity contribution >= 4 is 24.2 Å². The van der Waals surface area contributed by atoms with Gasteiger partial charge in [-0.25, -0.2) is 0 Å². The van der Waals surface area contributed by atoms with Crippen LogP contribution >= 0.6 is 12.4 Å². The molecule has 106 valence electrons. The molecule has 1 aliphatic carbocycles. The van der Waals surface area contributed by atoms with Gasteiger partial charge in [-0.1, -0.05) is 13.3 Å². The van der Waals surface area contributed by atoms with Gasteiger partial charge in [-0.05, 0) is 31.6 Å². The van der Waals surface area contributed by atoms with Crippen LogP contribution in [-0.2, 0) is 9.59 Å². The van der Waals surface area contributed by atoms with Crippen molar-refractivity contribution in [2.24, 2.45) is 11.7 Å². The molecular weight excluding hydrogens is 254 g/mol. The maximum Gasteiger partial charge on any atom is 0.239 e. The number of rotatable bonds is 5. The maximum absolute atomic E-state index is 11.5. The first-order valence-corrected chi connectivity index (χ1v) is 6.41. The SMILES string of the molecule is CCC1CCC(NC(=O)CNC(=O)CN)CC1.Cl. The van der Waals surface area contributed by atoms with E-state index < -0.39 is 0 Å². The molecule has 18 heavy (non-hydrogen) atoms. The van der Waals surface area contributed by atoms with Crippen LogP contribution in [0, 0.1) is 5.92 Å². The summed E-state index contributed by atoms with van der Waals surface area (Å²) in [6, 6.07) is 0.278. The fraction of sp³-hybridized carbons (Fsp3) is 0.833. The van der Waals surface area contributed by atoms with Gasteiger partial charge in [0.05, 0.1) is 13.1 Å². The Hall–Kier alpha value is -0.810. The van der Waals surface area contributed by atoms with Gasteiger partial charge in [0.1, 0.15) is 0 Å². The smallest absolute Gasteiger partial charge is 0.239 e. The van der Waals surface area contributed by atoms with Crippen LogP contribution in [0.2, 0.25) is 0 Å². The molecule has 0 radical (unpaired) electrons. The molecule has 1 saturated carbocycles. The topological polar surface area (TPSA) is 84.2 Å². The standard InChI is InChI=1S/C12H23N3O2.ClH/c1-2-9-3-5-10(6-4-9)15-12(17)8-14-11(16)7-13;/h9-10H,2-8,13H2,1H3,(H,14,16)(H,15,17);1H. The molecule has 0 spiro atoms. The van der Waals surface area contributed by atoms with Crippen LogP contribution in [0.25, 0.3) is 0 Å². The molecule has 4 N–H and O–H groups in total. The minimum absolute atomic E-state index is 0. The van der Waals surface area contributed by atoms with Gasteiger partial charge in [0, 0.05) is 6.04 Å². The van der Waals surface area contributed by atoms with Gasteiger partial charge in [-0.15, -0.1) is 12.4 Å². The molecule has 0 aromatic heterocycles. The van der Waals surface area contributed by atoms with Gasteiger partial charge in [0.2, 0.25) is 11.8 Å². The molecule has 0 saturated heterocycles. The van der Waals surface area contributed by atoms with Gasteiger partial charge < -0.3 is 16.4 Å². The average Bonchev–Trinajstić information content (AvgIpc) is 2.36. The minimum Gasteiger partial charge on any atom is -0.352 e. The van der Waals surface area contributed by atoms with E-state index in [0.717, 1.165) is 18.8 Å². The summed E-state index contributed by atoms with van der Waals surface area (Å²) in [6.45, 7) is 2.17. The van der Waals surface area contributed by atoms with Gasteiger partial charge in [0.25, 0.3) is 0 Å². The van der Waals surface area contributed by atoms with E-state index in [0.29, 0.717) is 0 Å². The van der Waals surface area contributed by atoms with E-state index in [-0.39, 0.29) is 43.4 Å². The molecule has 6 heteroatoms. The molecule has 0 aromatic carbocycles. The lowest BCUT2D eigenvalue weighted by atomic mass is 9.84. The zero-order valence-electron chi connectivity index (χ0n) is 10.9. The Morgan fingerprint density at radius 1 is 1.17 bits per heavy atom. The first kappa shape index (κ1) is 17.2. The number of carbonyl (C=O) groups is 2. The highest BCUT2D eigenvalue weighted by Gasteiger charge is 2.21. The lowest BCUT2D eigenvalue weighted by Crippen LogP contribution is -2.44. The minimum atomic E-state index is -0.296. The predicted molar refractivity (Wildman–Crippen MR) is 73.5 cm³/mol. The highest BCUT2D eigenvalue weighted by Crippen LogP contribution is 2.26. The molecule has 0 unspecified atom stereocenters. The largest absolute Gasteiger partial charge is 0.352 e. The molecular formula is C12H24ClN3O2. The molecule has 0 atom stereocenters. The van der Waals surface area contributed by atoms with E-state index >= 15 is 0 Å². The Balaban J connectivity index is 0.00000289. The van der Waals surface area contributed by atoms with E-state index in [2.05, 4.69) is 17.6 Å². The average molecular weight is 278 g/mol. The Bertz CT molecular complexity index is 266. The zero-order chi connectivity index (χ0) is 12.7. The number of halogens is 1. The molecule has 0 heterocycles. The number of nitrogens with one attached hydrogen (secondary N) is 2. The maximum atomic E-state index is 11.5. The summed E-state index contributed by atoms with van der Waals surface area (Å²) in [7, 11) is 0. The molecule has 1 aliphatic rings. The van der Waals surface area contributed by atoms with Crippen molar-refractivity contribution in [3.8, 4) is 0 Å². The molecule has 5 nitrogen and oxygen atoms in total. The van der Waals surface area contributed by atoms with Crippen molar-refractivity contribution in [3.05, 3.63) is 0 Å². The fourth-order valence-corrected chi connectivity index (χ4v) is 2.24. The summed E-state index contributed by atoms with van der Waals surface area (Å²) in [5.74, 6) is 0.404. The second kappa shape index (κ2) is 9.16. The third-order valence-corrected chi connectivity index (χ3v) is 3.42. The number of hydrogen-bond acceptors (Lipinski definition) is 3. The molecule has 0 aliphatic heterocycles. The van der Waals surface area contributed by atoms with Gasteiger partial charge in [-0.3, -0.25) is 9.59 Å². The molecule has 2 amide bonds. The van der Waals surface area contributed by atoms with Crippen LogP contribution in [0.1, 0.15) is 39.0 Å². The summed E-state index contributed by atoms with van der Waals surface area (Å²) in [4.78, 5) is 22.4. The van der Waals surface area contributed by atoms with Crippen LogP contribution < -0.4 is 16.4 Å². The van der Waals surface area contributed by atoms with Crippen LogP contribution in [-0.4, -0.2) is 30.9 Å². The van der Waals surface area contributed by atoms with Crippen molar-refractivity contribution < 1.29 is 9.59 Å². The van der Waals surface area contributed by atoms with Gasteiger partial charge in [0.15, 0.2) is 0 Å². The summed E-state index contributed by atoms with van der Waals surface area (Å²) >= 11 is 0. The Labute approximate surface area is 115 Å². The third kappa shape index (κ3) is 6.21. The van der Waals surface area contributed by atoms with Crippen LogP contribution in [0.15, 0.2) is 0 Å². The zero-order valence-corrected chi connectivity index (χ0v) is 11.7. The molecule has 1 fully saturated rings. The highest BCUT2D eigenvalue weighted by molar-refractivity contribution is 5.85.